The molecule has 1 unspecified atom stereocenters. The molecule has 1 fully saturated rings. The fourth-order valence-electron chi connectivity index (χ4n) is 2.92. The Balaban J connectivity index is 2.71. The van der Waals surface area contributed by atoms with Gasteiger partial charge in [-0.3, -0.25) is 11.3 Å². The molecular formula is C13H29N3O. The fourth-order valence-corrected chi connectivity index (χ4v) is 2.92. The number of nitrogens with one attached hydrogen (secondary N) is 1. The van der Waals surface area contributed by atoms with E-state index in [0.717, 1.165) is 0 Å². The number of hydrogen-bond acceptors (Lipinski definition) is 4. The summed E-state index contributed by atoms with van der Waals surface area (Å²) >= 11 is 0. The minimum Gasteiger partial charge on any atom is -0.377 e. The van der Waals surface area contributed by atoms with Gasteiger partial charge < -0.3 is 9.64 Å². The Morgan fingerprint density at radius 1 is 1.24 bits per heavy atom. The summed E-state index contributed by atoms with van der Waals surface area (Å²) < 4.78 is 5.75. The van der Waals surface area contributed by atoms with Gasteiger partial charge in [0.25, 0.3) is 0 Å². The molecule has 0 aromatic heterocycles. The lowest BCUT2D eigenvalue weighted by atomic mass is 9.75. The van der Waals surface area contributed by atoms with Crippen LogP contribution >= 0.6 is 0 Å². The molecule has 0 aromatic rings. The van der Waals surface area contributed by atoms with Gasteiger partial charge >= 0.3 is 0 Å². The van der Waals surface area contributed by atoms with Crippen LogP contribution in [0.15, 0.2) is 0 Å². The predicted molar refractivity (Wildman–Crippen MR) is 71.7 cm³/mol. The maximum Gasteiger partial charge on any atom is 0.0654 e. The Bertz CT molecular complexity index is 213. The normalized spacial score (nSPS) is 22.1. The molecule has 3 N–H and O–H groups in total. The zero-order valence-electron chi connectivity index (χ0n) is 11.8. The first-order valence-electron chi connectivity index (χ1n) is 6.78. The standard InChI is InChI=1S/C13H29N3O/c1-11(2)17-10-12(15-14)13(16(3)4)8-6-5-7-9-13/h11-12,15H,5-10,14H2,1-4H3. The number of ether oxygens (including phenoxy) is 1. The number of rotatable bonds is 6. The molecule has 0 aliphatic heterocycles. The first-order valence-corrected chi connectivity index (χ1v) is 6.78. The lowest BCUT2D eigenvalue weighted by molar-refractivity contribution is -0.0105. The molecule has 0 spiro atoms. The SMILES string of the molecule is CC(C)OCC(NN)C1(N(C)C)CCCCC1. The highest BCUT2D eigenvalue weighted by Gasteiger charge is 2.41. The van der Waals surface area contributed by atoms with Crippen molar-refractivity contribution in [3.05, 3.63) is 0 Å². The second kappa shape index (κ2) is 6.69. The number of likely N-dealkylation sites (N-methyl/N-ethyl adjacent to an activating group) is 1. The molecule has 1 rings (SSSR count). The number of nitrogens with two attached hydrogens (primary N) is 1. The second-order valence-corrected chi connectivity index (χ2v) is 5.66. The Hall–Kier alpha value is -0.160. The van der Waals surface area contributed by atoms with Crippen LogP contribution in [0.3, 0.4) is 0 Å². The van der Waals surface area contributed by atoms with Crippen molar-refractivity contribution in [2.75, 3.05) is 20.7 Å². The summed E-state index contributed by atoms with van der Waals surface area (Å²) in [6, 6.07) is 0.209. The van der Waals surface area contributed by atoms with Crippen LogP contribution in [0.5, 0.6) is 0 Å². The Kier molecular flexibility index (Phi) is 5.86. The monoisotopic (exact) mass is 243 g/mol. The third-order valence-electron chi connectivity index (χ3n) is 4.06. The second-order valence-electron chi connectivity index (χ2n) is 5.66. The summed E-state index contributed by atoms with van der Waals surface area (Å²) in [7, 11) is 4.32. The number of hydrazine groups is 1. The van der Waals surface area contributed by atoms with E-state index in [1.165, 1.54) is 32.1 Å². The zero-order chi connectivity index (χ0) is 12.9. The average molecular weight is 243 g/mol. The lowest BCUT2D eigenvalue weighted by Crippen LogP contribution is -2.63. The van der Waals surface area contributed by atoms with Gasteiger partial charge in [-0.1, -0.05) is 19.3 Å². The van der Waals surface area contributed by atoms with Crippen LogP contribution in [-0.2, 0) is 4.74 Å². The van der Waals surface area contributed by atoms with E-state index in [2.05, 4.69) is 38.3 Å². The maximum atomic E-state index is 5.76. The molecule has 4 heteroatoms. The van der Waals surface area contributed by atoms with E-state index in [4.69, 9.17) is 10.6 Å². The van der Waals surface area contributed by atoms with Crippen molar-refractivity contribution >= 4 is 0 Å². The average Bonchev–Trinajstić information content (AvgIpc) is 2.30. The summed E-state index contributed by atoms with van der Waals surface area (Å²) in [5.74, 6) is 5.76. The molecule has 0 radical (unpaired) electrons. The van der Waals surface area contributed by atoms with E-state index in [-0.39, 0.29) is 17.7 Å². The van der Waals surface area contributed by atoms with Crippen molar-refractivity contribution in [3.8, 4) is 0 Å². The predicted octanol–water partition coefficient (Wildman–Crippen LogP) is 1.51. The first kappa shape index (κ1) is 14.9. The van der Waals surface area contributed by atoms with E-state index in [1.54, 1.807) is 0 Å². The van der Waals surface area contributed by atoms with Gasteiger partial charge in [0, 0.05) is 5.54 Å². The molecule has 1 aliphatic carbocycles. The highest BCUT2D eigenvalue weighted by atomic mass is 16.5. The van der Waals surface area contributed by atoms with Crippen LogP contribution in [-0.4, -0.2) is 43.3 Å². The van der Waals surface area contributed by atoms with Crippen LogP contribution in [0.25, 0.3) is 0 Å². The highest BCUT2D eigenvalue weighted by Crippen LogP contribution is 2.35. The summed E-state index contributed by atoms with van der Waals surface area (Å²) in [5.41, 5.74) is 3.14. The molecule has 17 heavy (non-hydrogen) atoms. The largest absolute Gasteiger partial charge is 0.377 e. The van der Waals surface area contributed by atoms with Crippen molar-refractivity contribution in [2.45, 2.75) is 63.6 Å². The topological polar surface area (TPSA) is 50.5 Å². The molecule has 0 saturated heterocycles. The van der Waals surface area contributed by atoms with Gasteiger partial charge in [0.15, 0.2) is 0 Å². The molecule has 1 saturated carbocycles. The third-order valence-corrected chi connectivity index (χ3v) is 4.06. The van der Waals surface area contributed by atoms with E-state index >= 15 is 0 Å². The minimum atomic E-state index is 0.155. The fraction of sp³-hybridized carbons (Fsp3) is 1.00. The number of hydrogen-bond donors (Lipinski definition) is 2. The van der Waals surface area contributed by atoms with Crippen LogP contribution < -0.4 is 11.3 Å². The number of nitrogens with zero attached hydrogens (tertiary/aromatic N) is 1. The summed E-state index contributed by atoms with van der Waals surface area (Å²) in [5, 5.41) is 0. The smallest absolute Gasteiger partial charge is 0.0654 e. The van der Waals surface area contributed by atoms with Gasteiger partial charge in [0.1, 0.15) is 0 Å². The molecule has 0 heterocycles. The molecule has 4 nitrogen and oxygen atoms in total. The van der Waals surface area contributed by atoms with Crippen molar-refractivity contribution in [3.63, 3.8) is 0 Å². The minimum absolute atomic E-state index is 0.155. The Morgan fingerprint density at radius 3 is 2.24 bits per heavy atom. The van der Waals surface area contributed by atoms with Crippen molar-refractivity contribution in [1.82, 2.24) is 10.3 Å². The Morgan fingerprint density at radius 2 is 1.82 bits per heavy atom. The van der Waals surface area contributed by atoms with Gasteiger partial charge in [-0.25, -0.2) is 0 Å². The highest BCUT2D eigenvalue weighted by molar-refractivity contribution is 4.99. The van der Waals surface area contributed by atoms with Gasteiger partial charge in [0.05, 0.1) is 18.8 Å². The van der Waals surface area contributed by atoms with Crippen molar-refractivity contribution < 1.29 is 4.74 Å². The van der Waals surface area contributed by atoms with E-state index < -0.39 is 0 Å². The molecule has 102 valence electrons. The van der Waals surface area contributed by atoms with Gasteiger partial charge in [0.2, 0.25) is 0 Å². The van der Waals surface area contributed by atoms with Crippen LogP contribution in [0.1, 0.15) is 46.0 Å². The van der Waals surface area contributed by atoms with Crippen LogP contribution in [0.4, 0.5) is 0 Å². The quantitative estimate of drug-likeness (QED) is 0.548. The molecule has 0 amide bonds. The maximum absolute atomic E-state index is 5.76. The van der Waals surface area contributed by atoms with Crippen molar-refractivity contribution in [1.29, 1.82) is 0 Å². The summed E-state index contributed by atoms with van der Waals surface area (Å²) in [6.07, 6.45) is 6.59. The molecule has 0 aromatic carbocycles. The molecule has 0 bridgehead atoms. The third kappa shape index (κ3) is 3.65. The molecule has 1 aliphatic rings. The van der Waals surface area contributed by atoms with Crippen molar-refractivity contribution in [2.24, 2.45) is 5.84 Å². The van der Waals surface area contributed by atoms with E-state index in [0.29, 0.717) is 6.61 Å². The molecule has 1 atom stereocenters. The van der Waals surface area contributed by atoms with E-state index in [1.807, 2.05) is 0 Å². The summed E-state index contributed by atoms with van der Waals surface area (Å²) in [6.45, 7) is 4.82. The van der Waals surface area contributed by atoms with Gasteiger partial charge in [-0.05, 0) is 40.8 Å². The van der Waals surface area contributed by atoms with Crippen LogP contribution in [0.2, 0.25) is 0 Å². The van der Waals surface area contributed by atoms with Gasteiger partial charge in [-0.2, -0.15) is 0 Å². The molecular weight excluding hydrogens is 214 g/mol. The van der Waals surface area contributed by atoms with Gasteiger partial charge in [-0.15, -0.1) is 0 Å². The zero-order valence-corrected chi connectivity index (χ0v) is 11.8. The lowest BCUT2D eigenvalue weighted by Gasteiger charge is -2.48. The Labute approximate surface area is 106 Å². The van der Waals surface area contributed by atoms with E-state index in [9.17, 15) is 0 Å². The van der Waals surface area contributed by atoms with Crippen LogP contribution in [0, 0.1) is 0 Å². The first-order chi connectivity index (χ1) is 8.03. The summed E-state index contributed by atoms with van der Waals surface area (Å²) in [4.78, 5) is 2.33.